The van der Waals surface area contributed by atoms with Gasteiger partial charge in [-0.25, -0.2) is 0 Å². The number of anilines is 1. The molecule has 0 heterocycles. The van der Waals surface area contributed by atoms with Gasteiger partial charge in [0, 0.05) is 11.3 Å². The highest BCUT2D eigenvalue weighted by Gasteiger charge is 2.31. The molecule has 0 saturated heterocycles. The largest absolute Gasteiger partial charge is 0.416 e. The van der Waals surface area contributed by atoms with E-state index in [2.05, 4.69) is 0 Å². The van der Waals surface area contributed by atoms with E-state index in [0.29, 0.717) is 5.56 Å². The molecule has 3 N–H and O–H groups in total. The summed E-state index contributed by atoms with van der Waals surface area (Å²) in [6.45, 7) is 1.91. The van der Waals surface area contributed by atoms with Crippen LogP contribution in [0.25, 0.3) is 0 Å². The second kappa shape index (κ2) is 5.17. The highest BCUT2D eigenvalue weighted by Crippen LogP contribution is 2.34. The Labute approximate surface area is 114 Å². The fourth-order valence-electron chi connectivity index (χ4n) is 1.93. The highest BCUT2D eigenvalue weighted by molar-refractivity contribution is 5.53. The van der Waals surface area contributed by atoms with E-state index in [1.54, 1.807) is 12.1 Å². The third-order valence-corrected chi connectivity index (χ3v) is 3.10. The first-order valence-corrected chi connectivity index (χ1v) is 6.00. The molecule has 0 aromatic heterocycles. The van der Waals surface area contributed by atoms with Crippen LogP contribution in [0, 0.1) is 6.92 Å². The summed E-state index contributed by atoms with van der Waals surface area (Å²) in [4.78, 5) is 0. The summed E-state index contributed by atoms with van der Waals surface area (Å²) in [5, 5.41) is 10.2. The van der Waals surface area contributed by atoms with Crippen molar-refractivity contribution in [2.45, 2.75) is 19.2 Å². The monoisotopic (exact) mass is 281 g/mol. The Kier molecular flexibility index (Phi) is 3.72. The zero-order chi connectivity index (χ0) is 14.9. The molecule has 1 atom stereocenters. The van der Waals surface area contributed by atoms with Crippen molar-refractivity contribution in [2.75, 3.05) is 5.73 Å². The molecule has 0 aliphatic rings. The van der Waals surface area contributed by atoms with Gasteiger partial charge in [-0.05, 0) is 24.6 Å². The fraction of sp³-hybridized carbons (Fsp3) is 0.200. The first kappa shape index (κ1) is 14.4. The molecule has 106 valence electrons. The second-order valence-electron chi connectivity index (χ2n) is 4.65. The third kappa shape index (κ3) is 2.93. The summed E-state index contributed by atoms with van der Waals surface area (Å²) in [5.41, 5.74) is 6.61. The molecule has 0 aliphatic heterocycles. The molecule has 0 bridgehead atoms. The molecular weight excluding hydrogens is 267 g/mol. The van der Waals surface area contributed by atoms with Crippen LogP contribution in [-0.2, 0) is 6.18 Å². The maximum Gasteiger partial charge on any atom is 0.416 e. The minimum Gasteiger partial charge on any atom is -0.398 e. The minimum absolute atomic E-state index is 0.0760. The fourth-order valence-corrected chi connectivity index (χ4v) is 1.93. The third-order valence-electron chi connectivity index (χ3n) is 3.10. The summed E-state index contributed by atoms with van der Waals surface area (Å²) in [5.74, 6) is 0. The number of alkyl halides is 3. The SMILES string of the molecule is Cc1ccc(C(O)c2ccc(C(F)(F)F)cc2N)cc1. The average Bonchev–Trinajstić information content (AvgIpc) is 2.37. The van der Waals surface area contributed by atoms with Gasteiger partial charge in [0.15, 0.2) is 0 Å². The van der Waals surface area contributed by atoms with Crippen molar-refractivity contribution < 1.29 is 18.3 Å². The molecule has 0 spiro atoms. The standard InChI is InChI=1S/C15H14F3NO/c1-9-2-4-10(5-3-9)14(20)12-7-6-11(8-13(12)19)15(16,17)18/h2-8,14,20H,19H2,1H3. The zero-order valence-electron chi connectivity index (χ0n) is 10.8. The maximum absolute atomic E-state index is 12.5. The summed E-state index contributed by atoms with van der Waals surface area (Å²) < 4.78 is 37.6. The Balaban J connectivity index is 2.36. The quantitative estimate of drug-likeness (QED) is 0.825. The van der Waals surface area contributed by atoms with Crippen molar-refractivity contribution in [3.05, 3.63) is 64.7 Å². The van der Waals surface area contributed by atoms with Crippen LogP contribution < -0.4 is 5.73 Å². The number of hydrogen-bond donors (Lipinski definition) is 2. The number of halogens is 3. The topological polar surface area (TPSA) is 46.2 Å². The average molecular weight is 281 g/mol. The Bertz CT molecular complexity index is 606. The number of benzene rings is 2. The number of nitrogens with two attached hydrogens (primary N) is 1. The molecule has 5 heteroatoms. The van der Waals surface area contributed by atoms with Gasteiger partial charge in [0.05, 0.1) is 5.56 Å². The number of aliphatic hydroxyl groups excluding tert-OH is 1. The lowest BCUT2D eigenvalue weighted by Gasteiger charge is -2.16. The van der Waals surface area contributed by atoms with Gasteiger partial charge in [0.1, 0.15) is 6.10 Å². The van der Waals surface area contributed by atoms with Crippen molar-refractivity contribution >= 4 is 5.69 Å². The van der Waals surface area contributed by atoms with Crippen LogP contribution in [0.3, 0.4) is 0 Å². The van der Waals surface area contributed by atoms with Gasteiger partial charge in [-0.2, -0.15) is 13.2 Å². The van der Waals surface area contributed by atoms with Crippen LogP contribution >= 0.6 is 0 Å². The van der Waals surface area contributed by atoms with E-state index in [0.717, 1.165) is 17.7 Å². The van der Waals surface area contributed by atoms with Crippen LogP contribution in [0.15, 0.2) is 42.5 Å². The Morgan fingerprint density at radius 2 is 1.65 bits per heavy atom. The predicted octanol–water partition coefficient (Wildman–Crippen LogP) is 3.68. The summed E-state index contributed by atoms with van der Waals surface area (Å²) in [6.07, 6.45) is -5.49. The molecule has 2 aromatic rings. The lowest BCUT2D eigenvalue weighted by Crippen LogP contribution is -2.09. The summed E-state index contributed by atoms with van der Waals surface area (Å²) in [6, 6.07) is 10.0. The smallest absolute Gasteiger partial charge is 0.398 e. The molecular formula is C15H14F3NO. The zero-order valence-corrected chi connectivity index (χ0v) is 10.8. The van der Waals surface area contributed by atoms with Crippen molar-refractivity contribution in [3.63, 3.8) is 0 Å². The molecule has 0 radical (unpaired) electrons. The van der Waals surface area contributed by atoms with Gasteiger partial charge in [-0.1, -0.05) is 35.9 Å². The van der Waals surface area contributed by atoms with Crippen LogP contribution in [0.4, 0.5) is 18.9 Å². The molecule has 0 aliphatic carbocycles. The van der Waals surface area contributed by atoms with Crippen LogP contribution in [-0.4, -0.2) is 5.11 Å². The Hall–Kier alpha value is -2.01. The first-order chi connectivity index (χ1) is 9.29. The normalized spacial score (nSPS) is 13.2. The second-order valence-corrected chi connectivity index (χ2v) is 4.65. The van der Waals surface area contributed by atoms with Crippen molar-refractivity contribution in [1.29, 1.82) is 0 Å². The molecule has 2 nitrogen and oxygen atoms in total. The van der Waals surface area contributed by atoms with E-state index in [9.17, 15) is 18.3 Å². The van der Waals surface area contributed by atoms with E-state index in [1.165, 1.54) is 6.07 Å². The van der Waals surface area contributed by atoms with E-state index in [-0.39, 0.29) is 11.3 Å². The lowest BCUT2D eigenvalue weighted by molar-refractivity contribution is -0.137. The molecule has 1 unspecified atom stereocenters. The van der Waals surface area contributed by atoms with E-state index in [4.69, 9.17) is 5.73 Å². The molecule has 20 heavy (non-hydrogen) atoms. The molecule has 0 amide bonds. The van der Waals surface area contributed by atoms with Gasteiger partial charge in [-0.3, -0.25) is 0 Å². The number of aliphatic hydroxyl groups is 1. The van der Waals surface area contributed by atoms with Crippen molar-refractivity contribution in [1.82, 2.24) is 0 Å². The van der Waals surface area contributed by atoms with Gasteiger partial charge < -0.3 is 10.8 Å². The van der Waals surface area contributed by atoms with E-state index < -0.39 is 17.8 Å². The summed E-state index contributed by atoms with van der Waals surface area (Å²) >= 11 is 0. The number of hydrogen-bond acceptors (Lipinski definition) is 2. The van der Waals surface area contributed by atoms with Crippen LogP contribution in [0.5, 0.6) is 0 Å². The number of rotatable bonds is 2. The van der Waals surface area contributed by atoms with Gasteiger partial charge in [0.2, 0.25) is 0 Å². The molecule has 0 fully saturated rings. The Morgan fingerprint density at radius 1 is 1.05 bits per heavy atom. The maximum atomic E-state index is 12.5. The van der Waals surface area contributed by atoms with Crippen LogP contribution in [0.2, 0.25) is 0 Å². The van der Waals surface area contributed by atoms with Gasteiger partial charge >= 0.3 is 6.18 Å². The molecule has 2 aromatic carbocycles. The van der Waals surface area contributed by atoms with Crippen molar-refractivity contribution in [3.8, 4) is 0 Å². The van der Waals surface area contributed by atoms with E-state index in [1.807, 2.05) is 19.1 Å². The minimum atomic E-state index is -4.44. The summed E-state index contributed by atoms with van der Waals surface area (Å²) in [7, 11) is 0. The number of nitrogen functional groups attached to an aromatic ring is 1. The lowest BCUT2D eigenvalue weighted by atomic mass is 9.98. The highest BCUT2D eigenvalue weighted by atomic mass is 19.4. The predicted molar refractivity (Wildman–Crippen MR) is 71.1 cm³/mol. The molecule has 2 rings (SSSR count). The first-order valence-electron chi connectivity index (χ1n) is 6.00. The van der Waals surface area contributed by atoms with Crippen molar-refractivity contribution in [2.24, 2.45) is 0 Å². The van der Waals surface area contributed by atoms with Crippen LogP contribution in [0.1, 0.15) is 28.4 Å². The Morgan fingerprint density at radius 3 is 2.15 bits per heavy atom. The number of aryl methyl sites for hydroxylation is 1. The van der Waals surface area contributed by atoms with E-state index >= 15 is 0 Å². The van der Waals surface area contributed by atoms with Gasteiger partial charge in [0.25, 0.3) is 0 Å². The van der Waals surface area contributed by atoms with Gasteiger partial charge in [-0.15, -0.1) is 0 Å². The molecule has 0 saturated carbocycles.